The first-order chi connectivity index (χ1) is 12.6. The number of hydrogen-bond donors (Lipinski definition) is 1. The number of benzene rings is 1. The van der Waals surface area contributed by atoms with Crippen molar-refractivity contribution in [3.63, 3.8) is 0 Å². The number of nitrogens with one attached hydrogen (secondary N) is 1. The minimum atomic E-state index is -0.734. The molecule has 7 nitrogen and oxygen atoms in total. The zero-order chi connectivity index (χ0) is 18.4. The van der Waals surface area contributed by atoms with Gasteiger partial charge >= 0.3 is 12.1 Å². The first kappa shape index (κ1) is 18.7. The lowest BCUT2D eigenvalue weighted by Gasteiger charge is -2.37. The van der Waals surface area contributed by atoms with Crippen molar-refractivity contribution in [3.05, 3.63) is 35.9 Å². The number of alkyl carbamates (subject to hydrolysis) is 1. The van der Waals surface area contributed by atoms with Crippen molar-refractivity contribution in [1.29, 1.82) is 0 Å². The average molecular weight is 363 g/mol. The van der Waals surface area contributed by atoms with Gasteiger partial charge in [0.15, 0.2) is 5.79 Å². The number of amides is 1. The van der Waals surface area contributed by atoms with Crippen LogP contribution in [0.4, 0.5) is 4.79 Å². The largest absolute Gasteiger partial charge is 0.467 e. The van der Waals surface area contributed by atoms with Gasteiger partial charge in [-0.2, -0.15) is 0 Å². The maximum absolute atomic E-state index is 12.2. The molecule has 3 rings (SSSR count). The zero-order valence-electron chi connectivity index (χ0n) is 14.9. The molecule has 0 aromatic heterocycles. The van der Waals surface area contributed by atoms with Gasteiger partial charge in [0.05, 0.1) is 20.3 Å². The maximum Gasteiger partial charge on any atom is 0.408 e. The Bertz CT molecular complexity index is 604. The highest BCUT2D eigenvalue weighted by atomic mass is 16.7. The molecule has 7 heteroatoms. The van der Waals surface area contributed by atoms with Gasteiger partial charge in [0.25, 0.3) is 0 Å². The predicted molar refractivity (Wildman–Crippen MR) is 92.2 cm³/mol. The first-order valence-electron chi connectivity index (χ1n) is 8.95. The van der Waals surface area contributed by atoms with Crippen LogP contribution in [0, 0.1) is 5.92 Å². The minimum Gasteiger partial charge on any atom is -0.467 e. The topological polar surface area (TPSA) is 83.1 Å². The monoisotopic (exact) mass is 363 g/mol. The fourth-order valence-electron chi connectivity index (χ4n) is 3.59. The Hall–Kier alpha value is -2.12. The Balaban J connectivity index is 1.54. The fourth-order valence-corrected chi connectivity index (χ4v) is 3.59. The molecule has 0 radical (unpaired) electrons. The van der Waals surface area contributed by atoms with Gasteiger partial charge in [-0.1, -0.05) is 30.3 Å². The summed E-state index contributed by atoms with van der Waals surface area (Å²) in [6, 6.07) is 8.64. The van der Waals surface area contributed by atoms with E-state index in [1.54, 1.807) is 0 Å². The van der Waals surface area contributed by atoms with E-state index < -0.39 is 23.9 Å². The highest BCUT2D eigenvalue weighted by molar-refractivity contribution is 5.81. The van der Waals surface area contributed by atoms with Crippen LogP contribution in [0.15, 0.2) is 30.3 Å². The van der Waals surface area contributed by atoms with Crippen molar-refractivity contribution in [1.82, 2.24) is 5.32 Å². The summed E-state index contributed by atoms with van der Waals surface area (Å²) >= 11 is 0. The minimum absolute atomic E-state index is 0.0369. The van der Waals surface area contributed by atoms with E-state index in [2.05, 4.69) is 5.32 Å². The SMILES string of the molecule is COC(=O)[C@@H](NC(=O)OCc1ccccc1)C1CCC2(CC1)OCCO2. The Morgan fingerprint density at radius 2 is 1.85 bits per heavy atom. The standard InChI is InChI=1S/C19H25NO6/c1-23-17(21)16(15-7-9-19(10-8-15)25-11-12-26-19)20-18(22)24-13-14-5-3-2-4-6-14/h2-6,15-16H,7-13H2,1H3,(H,20,22)/t16-/m0/s1. The number of hydrogen-bond acceptors (Lipinski definition) is 6. The Morgan fingerprint density at radius 1 is 1.19 bits per heavy atom. The molecular weight excluding hydrogens is 338 g/mol. The van der Waals surface area contributed by atoms with Gasteiger partial charge in [-0.15, -0.1) is 0 Å². The number of carbonyl (C=O) groups is 2. The van der Waals surface area contributed by atoms with E-state index in [-0.39, 0.29) is 12.5 Å². The van der Waals surface area contributed by atoms with Crippen molar-refractivity contribution < 1.29 is 28.5 Å². The van der Waals surface area contributed by atoms with E-state index in [0.717, 1.165) is 5.56 Å². The summed E-state index contributed by atoms with van der Waals surface area (Å²) in [7, 11) is 1.32. The lowest BCUT2D eigenvalue weighted by molar-refractivity contribution is -0.185. The third-order valence-corrected chi connectivity index (χ3v) is 5.02. The van der Waals surface area contributed by atoms with Crippen molar-refractivity contribution in [2.75, 3.05) is 20.3 Å². The van der Waals surface area contributed by atoms with Crippen molar-refractivity contribution in [2.45, 2.75) is 44.1 Å². The van der Waals surface area contributed by atoms with Crippen LogP contribution in [0.3, 0.4) is 0 Å². The molecule has 26 heavy (non-hydrogen) atoms. The van der Waals surface area contributed by atoms with Gasteiger partial charge in [0, 0.05) is 12.8 Å². The highest BCUT2D eigenvalue weighted by Gasteiger charge is 2.44. The third-order valence-electron chi connectivity index (χ3n) is 5.02. The number of carbonyl (C=O) groups excluding carboxylic acids is 2. The highest BCUT2D eigenvalue weighted by Crippen LogP contribution is 2.39. The summed E-state index contributed by atoms with van der Waals surface area (Å²) in [5.41, 5.74) is 0.882. The summed E-state index contributed by atoms with van der Waals surface area (Å²) in [5, 5.41) is 2.67. The van der Waals surface area contributed by atoms with Crippen LogP contribution >= 0.6 is 0 Å². The summed E-state index contributed by atoms with van der Waals surface area (Å²) in [4.78, 5) is 24.3. The quantitative estimate of drug-likeness (QED) is 0.809. The van der Waals surface area contributed by atoms with Gasteiger partial charge in [0.1, 0.15) is 12.6 Å². The second-order valence-electron chi connectivity index (χ2n) is 6.65. The van der Waals surface area contributed by atoms with E-state index in [1.165, 1.54) is 7.11 Å². The molecule has 1 saturated carbocycles. The van der Waals surface area contributed by atoms with Crippen LogP contribution in [-0.4, -0.2) is 44.2 Å². The molecule has 1 amide bonds. The van der Waals surface area contributed by atoms with E-state index in [1.807, 2.05) is 30.3 Å². The average Bonchev–Trinajstić information content (AvgIpc) is 3.13. The molecule has 1 aromatic carbocycles. The Morgan fingerprint density at radius 3 is 2.46 bits per heavy atom. The smallest absolute Gasteiger partial charge is 0.408 e. The molecule has 2 aliphatic rings. The van der Waals surface area contributed by atoms with Gasteiger partial charge in [-0.05, 0) is 24.3 Å². The number of rotatable bonds is 5. The summed E-state index contributed by atoms with van der Waals surface area (Å²) in [6.45, 7) is 1.36. The molecule has 1 heterocycles. The summed E-state index contributed by atoms with van der Waals surface area (Å²) < 4.78 is 21.5. The van der Waals surface area contributed by atoms with E-state index in [4.69, 9.17) is 18.9 Å². The third kappa shape index (κ3) is 4.53. The molecule has 1 spiro atoms. The second kappa shape index (κ2) is 8.51. The van der Waals surface area contributed by atoms with Crippen LogP contribution in [-0.2, 0) is 30.3 Å². The molecule has 1 aliphatic heterocycles. The van der Waals surface area contributed by atoms with Crippen LogP contribution in [0.5, 0.6) is 0 Å². The number of ether oxygens (including phenoxy) is 4. The van der Waals surface area contributed by atoms with Crippen molar-refractivity contribution >= 4 is 12.1 Å². The Kier molecular flexibility index (Phi) is 6.11. The molecular formula is C19H25NO6. The molecule has 0 unspecified atom stereocenters. The molecule has 0 bridgehead atoms. The van der Waals surface area contributed by atoms with Crippen LogP contribution in [0.2, 0.25) is 0 Å². The summed E-state index contributed by atoms with van der Waals surface area (Å²) in [5.74, 6) is -1.01. The van der Waals surface area contributed by atoms with Gasteiger partial charge < -0.3 is 24.3 Å². The maximum atomic E-state index is 12.2. The molecule has 1 N–H and O–H groups in total. The molecule has 1 aromatic rings. The lowest BCUT2D eigenvalue weighted by atomic mass is 9.80. The van der Waals surface area contributed by atoms with Crippen LogP contribution in [0.1, 0.15) is 31.2 Å². The van der Waals surface area contributed by atoms with Crippen molar-refractivity contribution in [3.8, 4) is 0 Å². The number of esters is 1. The molecule has 1 saturated heterocycles. The van der Waals surface area contributed by atoms with Gasteiger partial charge in [0.2, 0.25) is 0 Å². The van der Waals surface area contributed by atoms with Gasteiger partial charge in [-0.3, -0.25) is 0 Å². The van der Waals surface area contributed by atoms with E-state index in [0.29, 0.717) is 38.9 Å². The zero-order valence-corrected chi connectivity index (χ0v) is 14.9. The van der Waals surface area contributed by atoms with Gasteiger partial charge in [-0.25, -0.2) is 9.59 Å². The molecule has 142 valence electrons. The first-order valence-corrected chi connectivity index (χ1v) is 8.95. The lowest BCUT2D eigenvalue weighted by Crippen LogP contribution is -2.49. The number of methoxy groups -OCH3 is 1. The Labute approximate surface area is 152 Å². The predicted octanol–water partition coefficient (Wildman–Crippen LogP) is 2.39. The van der Waals surface area contributed by atoms with E-state index in [9.17, 15) is 9.59 Å². The van der Waals surface area contributed by atoms with Crippen LogP contribution < -0.4 is 5.32 Å². The fraction of sp³-hybridized carbons (Fsp3) is 0.579. The summed E-state index contributed by atoms with van der Waals surface area (Å²) in [6.07, 6.45) is 2.19. The molecule has 1 atom stereocenters. The van der Waals surface area contributed by atoms with E-state index >= 15 is 0 Å². The normalized spacial score (nSPS) is 20.5. The van der Waals surface area contributed by atoms with Crippen molar-refractivity contribution in [2.24, 2.45) is 5.92 Å². The van der Waals surface area contributed by atoms with Crippen LogP contribution in [0.25, 0.3) is 0 Å². The molecule has 2 fully saturated rings. The molecule has 1 aliphatic carbocycles. The second-order valence-corrected chi connectivity index (χ2v) is 6.65.